The standard InChI is InChI=1S/C17H12N6O2/c24-16(13-8-6-12(7-9-13)15-18-11-25-22-15)20-17-21-19-10-23(17)14-4-2-1-3-5-14/h1-11H,(H,20,21,24). The van der Waals surface area contributed by atoms with Gasteiger partial charge in [0, 0.05) is 11.1 Å². The molecule has 0 bridgehead atoms. The van der Waals surface area contributed by atoms with Crippen LogP contribution in [0.25, 0.3) is 17.1 Å². The van der Waals surface area contributed by atoms with Gasteiger partial charge in [0.15, 0.2) is 0 Å². The molecule has 0 saturated carbocycles. The van der Waals surface area contributed by atoms with Crippen LogP contribution in [0.5, 0.6) is 0 Å². The van der Waals surface area contributed by atoms with Crippen LogP contribution in [0.3, 0.4) is 0 Å². The Kier molecular flexibility index (Phi) is 3.76. The van der Waals surface area contributed by atoms with Crippen LogP contribution in [0.15, 0.2) is 71.8 Å². The third-order valence-corrected chi connectivity index (χ3v) is 3.57. The summed E-state index contributed by atoms with van der Waals surface area (Å²) < 4.78 is 6.41. The molecule has 0 aliphatic rings. The molecule has 1 N–H and O–H groups in total. The fourth-order valence-corrected chi connectivity index (χ4v) is 2.34. The van der Waals surface area contributed by atoms with E-state index in [2.05, 4.69) is 25.7 Å². The van der Waals surface area contributed by atoms with Gasteiger partial charge in [-0.25, -0.2) is 0 Å². The van der Waals surface area contributed by atoms with Gasteiger partial charge in [-0.3, -0.25) is 14.7 Å². The lowest BCUT2D eigenvalue weighted by Gasteiger charge is -2.08. The van der Waals surface area contributed by atoms with Gasteiger partial charge in [0.1, 0.15) is 6.33 Å². The van der Waals surface area contributed by atoms with E-state index in [1.807, 2.05) is 30.3 Å². The van der Waals surface area contributed by atoms with Gasteiger partial charge in [-0.1, -0.05) is 35.5 Å². The van der Waals surface area contributed by atoms with Gasteiger partial charge >= 0.3 is 0 Å². The number of nitrogens with zero attached hydrogens (tertiary/aromatic N) is 5. The van der Waals surface area contributed by atoms with Crippen LogP contribution in [0.2, 0.25) is 0 Å². The van der Waals surface area contributed by atoms with E-state index in [9.17, 15) is 4.79 Å². The Morgan fingerprint density at radius 1 is 1.04 bits per heavy atom. The number of carbonyl (C=O) groups is 1. The van der Waals surface area contributed by atoms with Crippen molar-refractivity contribution in [2.75, 3.05) is 5.32 Å². The van der Waals surface area contributed by atoms with Gasteiger partial charge in [-0.05, 0) is 24.3 Å². The number of aromatic nitrogens is 5. The van der Waals surface area contributed by atoms with Gasteiger partial charge in [-0.2, -0.15) is 4.98 Å². The van der Waals surface area contributed by atoms with Crippen molar-refractivity contribution in [3.8, 4) is 17.1 Å². The number of hydrogen-bond donors (Lipinski definition) is 1. The second-order valence-electron chi connectivity index (χ2n) is 5.15. The Balaban J connectivity index is 1.54. The van der Waals surface area contributed by atoms with Crippen molar-refractivity contribution >= 4 is 11.9 Å². The second-order valence-corrected chi connectivity index (χ2v) is 5.15. The van der Waals surface area contributed by atoms with Crippen LogP contribution < -0.4 is 5.32 Å². The summed E-state index contributed by atoms with van der Waals surface area (Å²) in [6, 6.07) is 16.4. The largest absolute Gasteiger partial charge is 0.342 e. The number of anilines is 1. The number of benzene rings is 2. The third kappa shape index (κ3) is 3.00. The Morgan fingerprint density at radius 2 is 1.84 bits per heavy atom. The maximum atomic E-state index is 12.5. The molecule has 2 aromatic heterocycles. The molecule has 0 aliphatic carbocycles. The molecule has 4 aromatic rings. The zero-order valence-electron chi connectivity index (χ0n) is 12.9. The molecule has 0 radical (unpaired) electrons. The SMILES string of the molecule is O=C(Nc1nncn1-c1ccccc1)c1ccc(-c2ncon2)cc1. The first kappa shape index (κ1) is 14.8. The van der Waals surface area contributed by atoms with Crippen molar-refractivity contribution in [1.29, 1.82) is 0 Å². The van der Waals surface area contributed by atoms with E-state index in [1.165, 1.54) is 6.39 Å². The van der Waals surface area contributed by atoms with Crippen LogP contribution in [-0.2, 0) is 0 Å². The summed E-state index contributed by atoms with van der Waals surface area (Å²) in [6.07, 6.45) is 2.80. The number of rotatable bonds is 4. The summed E-state index contributed by atoms with van der Waals surface area (Å²) in [5.74, 6) is 0.527. The zero-order chi connectivity index (χ0) is 17.1. The van der Waals surface area contributed by atoms with E-state index >= 15 is 0 Å². The zero-order valence-corrected chi connectivity index (χ0v) is 12.9. The molecule has 4 rings (SSSR count). The summed E-state index contributed by atoms with van der Waals surface area (Å²) in [6.45, 7) is 0. The molecule has 0 fully saturated rings. The minimum Gasteiger partial charge on any atom is -0.342 e. The van der Waals surface area contributed by atoms with E-state index in [-0.39, 0.29) is 5.91 Å². The first-order valence-corrected chi connectivity index (χ1v) is 7.45. The Bertz CT molecular complexity index is 978. The number of carbonyl (C=O) groups excluding carboxylic acids is 1. The highest BCUT2D eigenvalue weighted by Crippen LogP contribution is 2.17. The number of hydrogen-bond acceptors (Lipinski definition) is 6. The van der Waals surface area contributed by atoms with Crippen LogP contribution in [0.4, 0.5) is 5.95 Å². The molecule has 8 nitrogen and oxygen atoms in total. The molecule has 122 valence electrons. The van der Waals surface area contributed by atoms with E-state index in [0.717, 1.165) is 11.3 Å². The summed E-state index contributed by atoms with van der Waals surface area (Å²) >= 11 is 0. The molecule has 0 aliphatic heterocycles. The summed E-state index contributed by atoms with van der Waals surface area (Å²) in [5.41, 5.74) is 2.10. The monoisotopic (exact) mass is 332 g/mol. The van der Waals surface area contributed by atoms with Crippen molar-refractivity contribution in [1.82, 2.24) is 24.9 Å². The highest BCUT2D eigenvalue weighted by Gasteiger charge is 2.12. The van der Waals surface area contributed by atoms with E-state index in [1.54, 1.807) is 35.2 Å². The average molecular weight is 332 g/mol. The Labute approximate surface area is 142 Å². The van der Waals surface area contributed by atoms with Crippen molar-refractivity contribution in [3.05, 3.63) is 72.9 Å². The minimum absolute atomic E-state index is 0.287. The molecule has 0 unspecified atom stereocenters. The molecule has 0 atom stereocenters. The van der Waals surface area contributed by atoms with Crippen molar-refractivity contribution in [3.63, 3.8) is 0 Å². The molecule has 1 amide bonds. The van der Waals surface area contributed by atoms with Crippen LogP contribution >= 0.6 is 0 Å². The molecule has 0 spiro atoms. The van der Waals surface area contributed by atoms with Crippen LogP contribution in [0.1, 0.15) is 10.4 Å². The Morgan fingerprint density at radius 3 is 2.56 bits per heavy atom. The van der Waals surface area contributed by atoms with Gasteiger partial charge in [-0.15, -0.1) is 10.2 Å². The van der Waals surface area contributed by atoms with Gasteiger partial charge in [0.05, 0.1) is 5.69 Å². The quantitative estimate of drug-likeness (QED) is 0.616. The first-order chi connectivity index (χ1) is 12.3. The van der Waals surface area contributed by atoms with Crippen molar-refractivity contribution < 1.29 is 9.32 Å². The summed E-state index contributed by atoms with van der Waals surface area (Å²) in [4.78, 5) is 16.4. The molecule has 2 aromatic carbocycles. The number of nitrogens with one attached hydrogen (secondary N) is 1. The molecule has 8 heteroatoms. The average Bonchev–Trinajstić information content (AvgIpc) is 3.35. The molecule has 0 saturated heterocycles. The third-order valence-electron chi connectivity index (χ3n) is 3.57. The minimum atomic E-state index is -0.287. The predicted octanol–water partition coefficient (Wildman–Crippen LogP) is 2.57. The highest BCUT2D eigenvalue weighted by molar-refractivity contribution is 6.03. The molecular formula is C17H12N6O2. The normalized spacial score (nSPS) is 10.6. The van der Waals surface area contributed by atoms with Crippen molar-refractivity contribution in [2.45, 2.75) is 0 Å². The molecular weight excluding hydrogens is 320 g/mol. The van der Waals surface area contributed by atoms with Crippen LogP contribution in [-0.4, -0.2) is 30.8 Å². The summed E-state index contributed by atoms with van der Waals surface area (Å²) in [7, 11) is 0. The highest BCUT2D eigenvalue weighted by atomic mass is 16.5. The molecule has 2 heterocycles. The Hall–Kier alpha value is -3.81. The van der Waals surface area contributed by atoms with Crippen molar-refractivity contribution in [2.24, 2.45) is 0 Å². The van der Waals surface area contributed by atoms with E-state index < -0.39 is 0 Å². The summed E-state index contributed by atoms with van der Waals surface area (Å²) in [5, 5.41) is 14.3. The fraction of sp³-hybridized carbons (Fsp3) is 0. The number of amides is 1. The number of para-hydroxylation sites is 1. The van der Waals surface area contributed by atoms with E-state index in [4.69, 9.17) is 4.52 Å². The lowest BCUT2D eigenvalue weighted by Crippen LogP contribution is -2.15. The first-order valence-electron chi connectivity index (χ1n) is 7.45. The van der Waals surface area contributed by atoms with Gasteiger partial charge in [0.25, 0.3) is 5.91 Å². The predicted molar refractivity (Wildman–Crippen MR) is 89.0 cm³/mol. The molecule has 25 heavy (non-hydrogen) atoms. The maximum absolute atomic E-state index is 12.5. The topological polar surface area (TPSA) is 98.7 Å². The van der Waals surface area contributed by atoms with Crippen LogP contribution in [0, 0.1) is 0 Å². The van der Waals surface area contributed by atoms with E-state index in [0.29, 0.717) is 17.3 Å². The maximum Gasteiger partial charge on any atom is 0.258 e. The fourth-order valence-electron chi connectivity index (χ4n) is 2.34. The van der Waals surface area contributed by atoms with Gasteiger partial charge < -0.3 is 4.52 Å². The smallest absolute Gasteiger partial charge is 0.258 e. The second kappa shape index (κ2) is 6.36. The lowest BCUT2D eigenvalue weighted by atomic mass is 10.1. The lowest BCUT2D eigenvalue weighted by molar-refractivity contribution is 0.102. The van der Waals surface area contributed by atoms with Gasteiger partial charge in [0.2, 0.25) is 18.2 Å².